The van der Waals surface area contributed by atoms with Crippen LogP contribution in [0.4, 0.5) is 0 Å². The molecule has 6 nitrogen and oxygen atoms in total. The molecule has 0 heterocycles. The lowest BCUT2D eigenvalue weighted by Crippen LogP contribution is -2.24. The number of carbonyl (C=O) groups is 1. The molecule has 0 aliphatic heterocycles. The number of hydrogen-bond donors (Lipinski definition) is 1. The van der Waals surface area contributed by atoms with Crippen molar-refractivity contribution in [3.63, 3.8) is 0 Å². The Morgan fingerprint density at radius 3 is 2.41 bits per heavy atom. The summed E-state index contributed by atoms with van der Waals surface area (Å²) in [6.45, 7) is 5.00. The van der Waals surface area contributed by atoms with E-state index in [1.807, 2.05) is 31.2 Å². The van der Waals surface area contributed by atoms with E-state index >= 15 is 0 Å². The van der Waals surface area contributed by atoms with Gasteiger partial charge in [0, 0.05) is 17.6 Å². The van der Waals surface area contributed by atoms with E-state index in [1.165, 1.54) is 18.2 Å². The lowest BCUT2D eigenvalue weighted by atomic mass is 10.1. The zero-order valence-electron chi connectivity index (χ0n) is 15.2. The predicted octanol–water partition coefficient (Wildman–Crippen LogP) is 3.64. The molecular formula is C19H22BrNO5S. The maximum Gasteiger partial charge on any atom is 0.338 e. The first-order valence-electron chi connectivity index (χ1n) is 8.50. The van der Waals surface area contributed by atoms with E-state index in [0.717, 1.165) is 11.1 Å². The number of sulfonamides is 1. The van der Waals surface area contributed by atoms with Gasteiger partial charge in [-0.3, -0.25) is 0 Å². The Kier molecular flexibility index (Phi) is 7.97. The maximum atomic E-state index is 12.7. The van der Waals surface area contributed by atoms with Crippen LogP contribution in [0.3, 0.4) is 0 Å². The number of nitrogens with one attached hydrogen (secondary N) is 1. The van der Waals surface area contributed by atoms with Crippen molar-refractivity contribution in [2.75, 3.05) is 13.2 Å². The molecule has 0 atom stereocenters. The Balaban J connectivity index is 2.17. The van der Waals surface area contributed by atoms with Gasteiger partial charge in [-0.05, 0) is 59.1 Å². The molecule has 0 fully saturated rings. The summed E-state index contributed by atoms with van der Waals surface area (Å²) >= 11 is 3.23. The summed E-state index contributed by atoms with van der Waals surface area (Å²) in [5, 5.41) is 0. The minimum atomic E-state index is -3.77. The Morgan fingerprint density at radius 2 is 1.78 bits per heavy atom. The molecule has 27 heavy (non-hydrogen) atoms. The Morgan fingerprint density at radius 1 is 1.07 bits per heavy atom. The Labute approximate surface area is 168 Å². The molecule has 0 unspecified atom stereocenters. The number of benzene rings is 2. The van der Waals surface area contributed by atoms with Gasteiger partial charge < -0.3 is 9.47 Å². The van der Waals surface area contributed by atoms with Crippen LogP contribution < -0.4 is 4.72 Å². The van der Waals surface area contributed by atoms with Gasteiger partial charge in [-0.1, -0.05) is 24.3 Å². The molecule has 0 bridgehead atoms. The Hall–Kier alpha value is -1.74. The van der Waals surface area contributed by atoms with Crippen molar-refractivity contribution < 1.29 is 22.7 Å². The lowest BCUT2D eigenvalue weighted by Gasteiger charge is -2.12. The second-order valence-corrected chi connectivity index (χ2v) is 8.19. The van der Waals surface area contributed by atoms with Crippen LogP contribution in [0.2, 0.25) is 0 Å². The van der Waals surface area contributed by atoms with Crippen LogP contribution >= 0.6 is 15.9 Å². The van der Waals surface area contributed by atoms with Gasteiger partial charge in [-0.15, -0.1) is 0 Å². The molecule has 0 radical (unpaired) electrons. The summed E-state index contributed by atoms with van der Waals surface area (Å²) in [5.74, 6) is -0.500. The number of hydrogen-bond acceptors (Lipinski definition) is 5. The molecule has 146 valence electrons. The summed E-state index contributed by atoms with van der Waals surface area (Å²) in [6, 6.07) is 11.8. The average molecular weight is 456 g/mol. The molecule has 1 N–H and O–H groups in total. The van der Waals surface area contributed by atoms with E-state index in [1.54, 1.807) is 6.92 Å². The fourth-order valence-corrected chi connectivity index (χ4v) is 4.48. The van der Waals surface area contributed by atoms with E-state index < -0.39 is 16.0 Å². The van der Waals surface area contributed by atoms with Gasteiger partial charge in [0.25, 0.3) is 0 Å². The normalized spacial score (nSPS) is 11.4. The second kappa shape index (κ2) is 9.98. The van der Waals surface area contributed by atoms with Crippen molar-refractivity contribution in [3.8, 4) is 0 Å². The minimum absolute atomic E-state index is 0.0536. The second-order valence-electron chi connectivity index (χ2n) is 5.60. The van der Waals surface area contributed by atoms with Crippen LogP contribution in [-0.4, -0.2) is 27.6 Å². The first-order chi connectivity index (χ1) is 12.9. The van der Waals surface area contributed by atoms with Gasteiger partial charge in [0.05, 0.1) is 23.7 Å². The van der Waals surface area contributed by atoms with Crippen LogP contribution in [0.25, 0.3) is 0 Å². The summed E-state index contributed by atoms with van der Waals surface area (Å²) in [6.07, 6.45) is 0. The van der Waals surface area contributed by atoms with Gasteiger partial charge >= 0.3 is 5.97 Å². The smallest absolute Gasteiger partial charge is 0.338 e. The average Bonchev–Trinajstić information content (AvgIpc) is 2.65. The van der Waals surface area contributed by atoms with E-state index in [9.17, 15) is 13.2 Å². The third-order valence-corrected chi connectivity index (χ3v) is 6.14. The summed E-state index contributed by atoms with van der Waals surface area (Å²) in [4.78, 5) is 11.8. The highest BCUT2D eigenvalue weighted by atomic mass is 79.9. The van der Waals surface area contributed by atoms with E-state index in [2.05, 4.69) is 20.7 Å². The summed E-state index contributed by atoms with van der Waals surface area (Å²) in [5.41, 5.74) is 2.05. The third-order valence-electron chi connectivity index (χ3n) is 3.77. The summed E-state index contributed by atoms with van der Waals surface area (Å²) < 4.78 is 38.6. The third kappa shape index (κ3) is 5.87. The molecule has 0 saturated carbocycles. The van der Waals surface area contributed by atoms with Gasteiger partial charge in [0.15, 0.2) is 0 Å². The number of esters is 1. The predicted molar refractivity (Wildman–Crippen MR) is 106 cm³/mol. The molecule has 0 spiro atoms. The first-order valence-corrected chi connectivity index (χ1v) is 10.8. The monoisotopic (exact) mass is 455 g/mol. The SMILES string of the molecule is CCOCc1ccccc1CNS(=O)(=O)c1ccc(C(=O)OCC)cc1Br. The molecule has 2 rings (SSSR count). The van der Waals surface area contributed by atoms with Gasteiger partial charge in [-0.25, -0.2) is 17.9 Å². The molecule has 8 heteroatoms. The highest BCUT2D eigenvalue weighted by molar-refractivity contribution is 9.10. The fraction of sp³-hybridized carbons (Fsp3) is 0.316. The minimum Gasteiger partial charge on any atom is -0.462 e. The van der Waals surface area contributed by atoms with Crippen LogP contribution in [0.1, 0.15) is 35.3 Å². The van der Waals surface area contributed by atoms with Crippen LogP contribution in [0.15, 0.2) is 51.8 Å². The molecular weight excluding hydrogens is 434 g/mol. The molecule has 0 aliphatic rings. The van der Waals surface area contributed by atoms with Crippen molar-refractivity contribution in [2.24, 2.45) is 0 Å². The highest BCUT2D eigenvalue weighted by Crippen LogP contribution is 2.24. The van der Waals surface area contributed by atoms with E-state index in [0.29, 0.717) is 17.7 Å². The van der Waals surface area contributed by atoms with Crippen molar-refractivity contribution in [1.29, 1.82) is 0 Å². The number of halogens is 1. The molecule has 0 saturated heterocycles. The summed E-state index contributed by atoms with van der Waals surface area (Å²) in [7, 11) is -3.77. The highest BCUT2D eigenvalue weighted by Gasteiger charge is 2.20. The first kappa shape index (κ1) is 21.6. The molecule has 0 aliphatic carbocycles. The van der Waals surface area contributed by atoms with Crippen molar-refractivity contribution in [2.45, 2.75) is 31.9 Å². The Bertz CT molecular complexity index is 899. The molecule has 2 aromatic rings. The quantitative estimate of drug-likeness (QED) is 0.583. The maximum absolute atomic E-state index is 12.7. The molecule has 0 aromatic heterocycles. The van der Waals surface area contributed by atoms with E-state index in [-0.39, 0.29) is 23.6 Å². The van der Waals surface area contributed by atoms with Crippen molar-refractivity contribution in [1.82, 2.24) is 4.72 Å². The van der Waals surface area contributed by atoms with Gasteiger partial charge in [0.1, 0.15) is 0 Å². The number of ether oxygens (including phenoxy) is 2. The van der Waals surface area contributed by atoms with Crippen LogP contribution in [0, 0.1) is 0 Å². The topological polar surface area (TPSA) is 81.7 Å². The number of carbonyl (C=O) groups excluding carboxylic acids is 1. The van der Waals surface area contributed by atoms with Crippen molar-refractivity contribution >= 4 is 31.9 Å². The fourth-order valence-electron chi connectivity index (χ4n) is 2.39. The molecule has 0 amide bonds. The zero-order valence-corrected chi connectivity index (χ0v) is 17.6. The molecule has 2 aromatic carbocycles. The number of rotatable bonds is 9. The van der Waals surface area contributed by atoms with E-state index in [4.69, 9.17) is 9.47 Å². The van der Waals surface area contributed by atoms with Crippen molar-refractivity contribution in [3.05, 3.63) is 63.6 Å². The lowest BCUT2D eigenvalue weighted by molar-refractivity contribution is 0.0526. The van der Waals surface area contributed by atoms with Gasteiger partial charge in [0.2, 0.25) is 10.0 Å². The zero-order chi connectivity index (χ0) is 19.9. The largest absolute Gasteiger partial charge is 0.462 e. The van der Waals surface area contributed by atoms with Gasteiger partial charge in [-0.2, -0.15) is 0 Å². The van der Waals surface area contributed by atoms with Crippen LogP contribution in [0.5, 0.6) is 0 Å². The van der Waals surface area contributed by atoms with Crippen LogP contribution in [-0.2, 0) is 32.6 Å². The standard InChI is InChI=1S/C19H22BrNO5S/c1-3-25-13-16-8-6-5-7-15(16)12-21-27(23,24)18-10-9-14(11-17(18)20)19(22)26-4-2/h5-11,21H,3-4,12-13H2,1-2H3.